The molecule has 0 bridgehead atoms. The van der Waals surface area contributed by atoms with Gasteiger partial charge in [-0.2, -0.15) is 0 Å². The third-order valence-corrected chi connectivity index (χ3v) is 10.1. The van der Waals surface area contributed by atoms with Crippen molar-refractivity contribution in [2.45, 2.75) is 32.4 Å². The van der Waals surface area contributed by atoms with Gasteiger partial charge in [0.1, 0.15) is 0 Å². The summed E-state index contributed by atoms with van der Waals surface area (Å²) < 4.78 is 2.28. The topological polar surface area (TPSA) is 61.4 Å². The van der Waals surface area contributed by atoms with Crippen molar-refractivity contribution < 1.29 is 0 Å². The molecule has 50 heavy (non-hydrogen) atoms. The third kappa shape index (κ3) is 5.38. The van der Waals surface area contributed by atoms with E-state index in [0.717, 1.165) is 67.1 Å². The van der Waals surface area contributed by atoms with Crippen LogP contribution in [0, 0.1) is 6.92 Å². The predicted molar refractivity (Wildman–Crippen MR) is 201 cm³/mol. The molecule has 0 fully saturated rings. The largest absolute Gasteiger partial charge is 0.339 e. The lowest BCUT2D eigenvalue weighted by molar-refractivity contribution is 0.396. The van der Waals surface area contributed by atoms with Crippen LogP contribution >= 0.6 is 11.6 Å². The van der Waals surface area contributed by atoms with E-state index in [2.05, 4.69) is 145 Å². The van der Waals surface area contributed by atoms with E-state index in [1.807, 2.05) is 30.5 Å². The van der Waals surface area contributed by atoms with Gasteiger partial charge in [0.25, 0.3) is 0 Å². The van der Waals surface area contributed by atoms with Gasteiger partial charge in [-0.25, -0.2) is 0 Å². The Morgan fingerprint density at radius 2 is 1.24 bits per heavy atom. The van der Waals surface area contributed by atoms with Crippen molar-refractivity contribution in [2.75, 3.05) is 0 Å². The molecule has 244 valence electrons. The molecule has 0 aliphatic heterocycles. The molecule has 0 saturated heterocycles. The van der Waals surface area contributed by atoms with Crippen LogP contribution in [-0.2, 0) is 18.5 Å². The number of aryl methyl sites for hydroxylation is 1. The third-order valence-electron chi connectivity index (χ3n) is 9.61. The summed E-state index contributed by atoms with van der Waals surface area (Å²) in [7, 11) is 0. The number of fused-ring (bicyclic) bond motifs is 1. The lowest BCUT2D eigenvalue weighted by atomic mass is 9.77. The first-order valence-corrected chi connectivity index (χ1v) is 17.2. The number of pyridine rings is 1. The first-order valence-electron chi connectivity index (χ1n) is 16.9. The predicted octanol–water partition coefficient (Wildman–Crippen LogP) is 9.77. The Kier molecular flexibility index (Phi) is 8.31. The van der Waals surface area contributed by atoms with Crippen LogP contribution in [0.25, 0.3) is 33.4 Å². The molecule has 3 aromatic heterocycles. The van der Waals surface area contributed by atoms with Gasteiger partial charge in [0.05, 0.1) is 10.5 Å². The molecule has 0 radical (unpaired) electrons. The van der Waals surface area contributed by atoms with Crippen LogP contribution in [0.3, 0.4) is 0 Å². The molecule has 0 aliphatic rings. The van der Waals surface area contributed by atoms with Crippen molar-refractivity contribution in [3.63, 3.8) is 0 Å². The lowest BCUT2D eigenvalue weighted by Gasteiger charge is -2.34. The van der Waals surface area contributed by atoms with Crippen LogP contribution in [-0.4, -0.2) is 29.8 Å². The highest BCUT2D eigenvalue weighted by Gasteiger charge is 2.41. The van der Waals surface area contributed by atoms with Crippen molar-refractivity contribution in [3.05, 3.63) is 190 Å². The maximum absolute atomic E-state index is 6.74. The number of nitrogens with zero attached hydrogens (tertiary/aromatic N) is 6. The Balaban J connectivity index is 1.19. The second kappa shape index (κ2) is 13.2. The van der Waals surface area contributed by atoms with Crippen LogP contribution in [0.2, 0.25) is 5.02 Å². The molecule has 5 aromatic carbocycles. The summed E-state index contributed by atoms with van der Waals surface area (Å²) in [6.45, 7) is 4.90. The minimum Gasteiger partial charge on any atom is -0.339 e. The van der Waals surface area contributed by atoms with Crippen molar-refractivity contribution in [2.24, 2.45) is 0 Å². The smallest absolute Gasteiger partial charge is 0.205 e. The Morgan fingerprint density at radius 3 is 1.82 bits per heavy atom. The van der Waals surface area contributed by atoms with E-state index in [1.54, 1.807) is 4.80 Å². The first-order chi connectivity index (χ1) is 24.6. The van der Waals surface area contributed by atoms with Gasteiger partial charge in [0.15, 0.2) is 5.54 Å². The fraction of sp³-hybridized carbons (Fsp3) is 0.116. The zero-order valence-electron chi connectivity index (χ0n) is 27.9. The molecule has 6 nitrogen and oxygen atoms in total. The van der Waals surface area contributed by atoms with Gasteiger partial charge >= 0.3 is 0 Å². The van der Waals surface area contributed by atoms with E-state index in [-0.39, 0.29) is 0 Å². The lowest BCUT2D eigenvalue weighted by Crippen LogP contribution is -2.39. The fourth-order valence-electron chi connectivity index (χ4n) is 7.02. The highest BCUT2D eigenvalue weighted by atomic mass is 35.5. The van der Waals surface area contributed by atoms with Crippen LogP contribution in [0.1, 0.15) is 40.6 Å². The molecule has 7 heteroatoms. The molecule has 0 amide bonds. The molecular weight excluding hydrogens is 636 g/mol. The van der Waals surface area contributed by atoms with Gasteiger partial charge in [-0.3, -0.25) is 4.98 Å². The summed E-state index contributed by atoms with van der Waals surface area (Å²) >= 11 is 6.74. The number of halogens is 1. The highest BCUT2D eigenvalue weighted by molar-refractivity contribution is 6.36. The highest BCUT2D eigenvalue weighted by Crippen LogP contribution is 2.40. The average molecular weight is 671 g/mol. The number of hydrogen-bond acceptors (Lipinski definition) is 4. The molecule has 0 atom stereocenters. The van der Waals surface area contributed by atoms with Crippen molar-refractivity contribution in [1.82, 2.24) is 29.8 Å². The monoisotopic (exact) mass is 670 g/mol. The number of aromatic nitrogens is 6. The molecule has 0 aliphatic carbocycles. The van der Waals surface area contributed by atoms with E-state index in [9.17, 15) is 0 Å². The summed E-state index contributed by atoms with van der Waals surface area (Å²) in [5, 5.41) is 16.4. The molecular formula is C43H35ClN6. The summed E-state index contributed by atoms with van der Waals surface area (Å²) in [4.78, 5) is 6.35. The maximum Gasteiger partial charge on any atom is 0.205 e. The SMILES string of the molecule is CCc1cc2c(cn1)c(Cl)c(C)n2Cc1ccc(-c2ccccc2-c2nnn(C(c3ccccc3)(c3ccccc3)c3ccccc3)n2)cc1. The molecule has 8 aromatic rings. The molecule has 3 heterocycles. The number of tetrazole rings is 1. The van der Waals surface area contributed by atoms with Gasteiger partial charge in [-0.1, -0.05) is 158 Å². The minimum absolute atomic E-state index is 0.557. The summed E-state index contributed by atoms with van der Waals surface area (Å²) in [5.41, 5.74) is 9.69. The fourth-order valence-corrected chi connectivity index (χ4v) is 7.27. The normalized spacial score (nSPS) is 11.7. The second-order valence-corrected chi connectivity index (χ2v) is 12.9. The minimum atomic E-state index is -0.844. The van der Waals surface area contributed by atoms with Gasteiger partial charge < -0.3 is 4.57 Å². The summed E-state index contributed by atoms with van der Waals surface area (Å²) in [5.74, 6) is 0.557. The molecule has 0 spiro atoms. The van der Waals surface area contributed by atoms with Gasteiger partial charge in [-0.15, -0.1) is 15.0 Å². The Morgan fingerprint density at radius 1 is 0.680 bits per heavy atom. The standard InChI is InChI=1S/C43H35ClN6/c1-3-36-27-40-39(28-45-36)41(44)30(2)49(40)29-31-23-25-32(26-24-31)37-21-13-14-22-38(37)42-46-48-50(47-42)43(33-15-7-4-8-16-33,34-17-9-5-10-18-34)35-19-11-6-12-20-35/h4-28H,3,29H2,1-2H3. The zero-order valence-corrected chi connectivity index (χ0v) is 28.7. The van der Waals surface area contributed by atoms with Crippen molar-refractivity contribution >= 4 is 22.5 Å². The van der Waals surface area contributed by atoms with Crippen LogP contribution in [0.5, 0.6) is 0 Å². The number of benzene rings is 5. The van der Waals surface area contributed by atoms with E-state index >= 15 is 0 Å². The van der Waals surface area contributed by atoms with Crippen LogP contribution in [0.4, 0.5) is 0 Å². The van der Waals surface area contributed by atoms with E-state index in [1.165, 1.54) is 5.56 Å². The molecule has 8 rings (SSSR count). The second-order valence-electron chi connectivity index (χ2n) is 12.5. The Hall–Kier alpha value is -5.85. The van der Waals surface area contributed by atoms with Crippen molar-refractivity contribution in [1.29, 1.82) is 0 Å². The van der Waals surface area contributed by atoms with Crippen molar-refractivity contribution in [3.8, 4) is 22.5 Å². The summed E-state index contributed by atoms with van der Waals surface area (Å²) in [6.07, 6.45) is 2.77. The Bertz CT molecular complexity index is 2300. The maximum atomic E-state index is 6.74. The quantitative estimate of drug-likeness (QED) is 0.144. The summed E-state index contributed by atoms with van der Waals surface area (Å²) in [6, 6.07) is 50.3. The van der Waals surface area contributed by atoms with Gasteiger partial charge in [-0.05, 0) is 58.0 Å². The van der Waals surface area contributed by atoms with Crippen LogP contribution < -0.4 is 0 Å². The average Bonchev–Trinajstić information content (AvgIpc) is 3.76. The number of rotatable bonds is 9. The number of hydrogen-bond donors (Lipinski definition) is 0. The van der Waals surface area contributed by atoms with E-state index < -0.39 is 5.54 Å². The van der Waals surface area contributed by atoms with Gasteiger partial charge in [0, 0.05) is 35.1 Å². The van der Waals surface area contributed by atoms with E-state index in [4.69, 9.17) is 27.0 Å². The van der Waals surface area contributed by atoms with E-state index in [0.29, 0.717) is 12.4 Å². The first kappa shape index (κ1) is 31.4. The molecule has 0 unspecified atom stereocenters. The van der Waals surface area contributed by atoms with Gasteiger partial charge in [0.2, 0.25) is 5.82 Å². The molecule has 0 saturated carbocycles. The zero-order chi connectivity index (χ0) is 34.1. The van der Waals surface area contributed by atoms with Crippen LogP contribution in [0.15, 0.2) is 152 Å². The Labute approximate surface area is 296 Å². The molecule has 0 N–H and O–H groups in total.